The van der Waals surface area contributed by atoms with Gasteiger partial charge in [-0.3, -0.25) is 9.78 Å². The molecule has 6 nitrogen and oxygen atoms in total. The predicted octanol–water partition coefficient (Wildman–Crippen LogP) is 2.19. The number of aliphatic hydroxyl groups is 1. The fourth-order valence-corrected chi connectivity index (χ4v) is 3.67. The van der Waals surface area contributed by atoms with E-state index in [1.54, 1.807) is 17.8 Å². The number of aromatic nitrogens is 2. The Bertz CT molecular complexity index is 694. The lowest BCUT2D eigenvalue weighted by Crippen LogP contribution is -2.32. The summed E-state index contributed by atoms with van der Waals surface area (Å²) in [6, 6.07) is 1.93. The summed E-state index contributed by atoms with van der Waals surface area (Å²) in [5.41, 5.74) is 1.52. The van der Waals surface area contributed by atoms with Crippen LogP contribution in [0.1, 0.15) is 28.8 Å². The maximum Gasteiger partial charge on any atom is 0.226 e. The molecule has 23 heavy (non-hydrogen) atoms. The zero-order chi connectivity index (χ0) is 16.2. The van der Waals surface area contributed by atoms with Crippen LogP contribution in [0.3, 0.4) is 0 Å². The number of halogens is 1. The quantitative estimate of drug-likeness (QED) is 0.807. The summed E-state index contributed by atoms with van der Waals surface area (Å²) in [7, 11) is 0. The molecule has 1 saturated heterocycles. The molecule has 0 unspecified atom stereocenters. The van der Waals surface area contributed by atoms with Crippen molar-refractivity contribution in [2.45, 2.75) is 25.7 Å². The molecule has 1 amide bonds. The van der Waals surface area contributed by atoms with E-state index in [0.29, 0.717) is 25.3 Å². The number of carbonyl (C=O) groups is 1. The van der Waals surface area contributed by atoms with Crippen molar-refractivity contribution in [2.24, 2.45) is 5.92 Å². The number of carbonyl (C=O) groups excluding carboxylic acids is 1. The summed E-state index contributed by atoms with van der Waals surface area (Å²) in [5, 5.41) is 14.5. The molecule has 0 spiro atoms. The molecule has 2 N–H and O–H groups in total. The first kappa shape index (κ1) is 16.5. The molecule has 0 aliphatic carbocycles. The van der Waals surface area contributed by atoms with Crippen LogP contribution < -0.4 is 5.32 Å². The van der Waals surface area contributed by atoms with Crippen LogP contribution in [0.5, 0.6) is 0 Å². The van der Waals surface area contributed by atoms with E-state index in [2.05, 4.69) is 31.2 Å². The lowest BCUT2D eigenvalue weighted by molar-refractivity contribution is -0.126. The summed E-state index contributed by atoms with van der Waals surface area (Å²) in [6.07, 6.45) is 3.84. The predicted molar refractivity (Wildman–Crippen MR) is 88.6 cm³/mol. The van der Waals surface area contributed by atoms with Gasteiger partial charge in [0.2, 0.25) is 5.91 Å². The number of hydrogen-bond donors (Lipinski definition) is 2. The normalized spacial score (nSPS) is 20.6. The largest absolute Gasteiger partial charge is 0.390 e. The van der Waals surface area contributed by atoms with Gasteiger partial charge in [-0.15, -0.1) is 11.3 Å². The van der Waals surface area contributed by atoms with E-state index >= 15 is 0 Å². The second-order valence-corrected chi connectivity index (χ2v) is 7.09. The minimum Gasteiger partial charge on any atom is -0.390 e. The number of ether oxygens (including phenoxy) is 1. The molecule has 0 saturated carbocycles. The van der Waals surface area contributed by atoms with Crippen LogP contribution in [0.2, 0.25) is 0 Å². The number of pyridine rings is 1. The highest BCUT2D eigenvalue weighted by atomic mass is 79.9. The van der Waals surface area contributed by atoms with E-state index in [4.69, 9.17) is 9.84 Å². The van der Waals surface area contributed by atoms with Gasteiger partial charge in [-0.05, 0) is 28.4 Å². The zero-order valence-electron chi connectivity index (χ0n) is 12.2. The summed E-state index contributed by atoms with van der Waals surface area (Å²) in [4.78, 5) is 20.8. The van der Waals surface area contributed by atoms with Crippen molar-refractivity contribution in [1.82, 2.24) is 15.3 Å². The Balaban J connectivity index is 1.63. The van der Waals surface area contributed by atoms with Gasteiger partial charge in [-0.25, -0.2) is 4.98 Å². The van der Waals surface area contributed by atoms with E-state index < -0.39 is 0 Å². The molecule has 0 radical (unpaired) electrons. The Morgan fingerprint density at radius 1 is 1.52 bits per heavy atom. The van der Waals surface area contributed by atoms with Crippen molar-refractivity contribution in [2.75, 3.05) is 6.61 Å². The summed E-state index contributed by atoms with van der Waals surface area (Å²) < 4.78 is 6.60. The van der Waals surface area contributed by atoms with Gasteiger partial charge < -0.3 is 15.2 Å². The summed E-state index contributed by atoms with van der Waals surface area (Å²) >= 11 is 4.82. The third kappa shape index (κ3) is 3.95. The molecule has 2 aromatic heterocycles. The Morgan fingerprint density at radius 2 is 2.39 bits per heavy atom. The maximum atomic E-state index is 12.5. The third-order valence-electron chi connectivity index (χ3n) is 3.66. The van der Waals surface area contributed by atoms with Crippen LogP contribution in [0.15, 0.2) is 28.3 Å². The van der Waals surface area contributed by atoms with Crippen molar-refractivity contribution >= 4 is 33.2 Å². The van der Waals surface area contributed by atoms with Crippen molar-refractivity contribution in [3.05, 3.63) is 44.6 Å². The molecule has 2 aromatic rings. The molecule has 3 rings (SSSR count). The van der Waals surface area contributed by atoms with Crippen molar-refractivity contribution < 1.29 is 14.6 Å². The van der Waals surface area contributed by atoms with Gasteiger partial charge in [0, 0.05) is 34.4 Å². The van der Waals surface area contributed by atoms with Crippen LogP contribution in [0.4, 0.5) is 0 Å². The van der Waals surface area contributed by atoms with Crippen LogP contribution >= 0.6 is 27.3 Å². The standard InChI is InChI=1S/C15H16BrN3O3S/c16-10-3-9(4-17-5-10)14-12(1-2-22-14)15(21)18-6-13-19-11(7-20)8-23-13/h3-5,8,12,14,20H,1-2,6-7H2,(H,18,21)/t12-,14+/m1/s1. The molecule has 0 aromatic carbocycles. The van der Waals surface area contributed by atoms with Crippen molar-refractivity contribution in [3.63, 3.8) is 0 Å². The van der Waals surface area contributed by atoms with Crippen LogP contribution in [-0.4, -0.2) is 27.6 Å². The molecule has 0 bridgehead atoms. The fraction of sp³-hybridized carbons (Fsp3) is 0.400. The molecule has 8 heteroatoms. The molecular weight excluding hydrogens is 382 g/mol. The highest BCUT2D eigenvalue weighted by Crippen LogP contribution is 2.35. The van der Waals surface area contributed by atoms with E-state index in [0.717, 1.165) is 15.0 Å². The Kier molecular flexibility index (Phi) is 5.37. The number of aliphatic hydroxyl groups excluding tert-OH is 1. The van der Waals surface area contributed by atoms with Gasteiger partial charge in [-0.2, -0.15) is 0 Å². The smallest absolute Gasteiger partial charge is 0.226 e. The van der Waals surface area contributed by atoms with E-state index in [-0.39, 0.29) is 24.5 Å². The van der Waals surface area contributed by atoms with Gasteiger partial charge in [0.05, 0.1) is 30.9 Å². The number of hydrogen-bond acceptors (Lipinski definition) is 6. The maximum absolute atomic E-state index is 12.5. The van der Waals surface area contributed by atoms with E-state index in [9.17, 15) is 4.79 Å². The van der Waals surface area contributed by atoms with Crippen molar-refractivity contribution in [3.8, 4) is 0 Å². The first-order valence-corrected chi connectivity index (χ1v) is 8.88. The van der Waals surface area contributed by atoms with Crippen LogP contribution in [0.25, 0.3) is 0 Å². The SMILES string of the molecule is O=C(NCc1nc(CO)cs1)[C@@H]1CCO[C@H]1c1cncc(Br)c1. The number of nitrogens with one attached hydrogen (secondary N) is 1. The summed E-state index contributed by atoms with van der Waals surface area (Å²) in [6.45, 7) is 0.837. The molecule has 3 heterocycles. The van der Waals surface area contributed by atoms with Crippen molar-refractivity contribution in [1.29, 1.82) is 0 Å². The average molecular weight is 398 g/mol. The van der Waals surface area contributed by atoms with Crippen LogP contribution in [0, 0.1) is 5.92 Å². The van der Waals surface area contributed by atoms with Gasteiger partial charge in [0.15, 0.2) is 0 Å². The summed E-state index contributed by atoms with van der Waals surface area (Å²) in [5.74, 6) is -0.281. The van der Waals surface area contributed by atoms with E-state index in [1.807, 2.05) is 6.07 Å². The Hall–Kier alpha value is -1.35. The van der Waals surface area contributed by atoms with Gasteiger partial charge in [-0.1, -0.05) is 0 Å². The Labute approximate surface area is 146 Å². The van der Waals surface area contributed by atoms with Gasteiger partial charge in [0.25, 0.3) is 0 Å². The number of thiazole rings is 1. The molecule has 122 valence electrons. The van der Waals surface area contributed by atoms with E-state index in [1.165, 1.54) is 11.3 Å². The number of amides is 1. The molecule has 1 aliphatic heterocycles. The second kappa shape index (κ2) is 7.48. The topological polar surface area (TPSA) is 84.3 Å². The highest BCUT2D eigenvalue weighted by Gasteiger charge is 2.35. The van der Waals surface area contributed by atoms with Gasteiger partial charge >= 0.3 is 0 Å². The lowest BCUT2D eigenvalue weighted by Gasteiger charge is -2.18. The Morgan fingerprint density at radius 3 is 3.13 bits per heavy atom. The minimum atomic E-state index is -0.274. The molecule has 1 fully saturated rings. The number of rotatable bonds is 5. The third-order valence-corrected chi connectivity index (χ3v) is 4.99. The fourth-order valence-electron chi connectivity index (χ4n) is 2.57. The first-order valence-electron chi connectivity index (χ1n) is 7.21. The minimum absolute atomic E-state index is 0.0479. The molecule has 1 aliphatic rings. The zero-order valence-corrected chi connectivity index (χ0v) is 14.6. The number of nitrogens with zero attached hydrogens (tertiary/aromatic N) is 2. The van der Waals surface area contributed by atoms with Gasteiger partial charge in [0.1, 0.15) is 5.01 Å². The monoisotopic (exact) mass is 397 g/mol. The molecular formula is C15H16BrN3O3S. The lowest BCUT2D eigenvalue weighted by atomic mass is 9.95. The van der Waals surface area contributed by atoms with Crippen LogP contribution in [-0.2, 0) is 22.7 Å². The highest BCUT2D eigenvalue weighted by molar-refractivity contribution is 9.10. The average Bonchev–Trinajstić information content (AvgIpc) is 3.21. The second-order valence-electron chi connectivity index (χ2n) is 5.23. The molecule has 2 atom stereocenters. The first-order chi connectivity index (χ1) is 11.2.